The molecule has 76 valence electrons. The highest BCUT2D eigenvalue weighted by Gasteiger charge is 2.08. The number of carbonyl (C=O) groups excluding carboxylic acids is 2. The van der Waals surface area contributed by atoms with Crippen LogP contribution in [0.2, 0.25) is 0 Å². The van der Waals surface area contributed by atoms with Gasteiger partial charge in [0.2, 0.25) is 0 Å². The highest BCUT2D eigenvalue weighted by Crippen LogP contribution is 2.09. The van der Waals surface area contributed by atoms with Crippen LogP contribution in [0.5, 0.6) is 0 Å². The van der Waals surface area contributed by atoms with E-state index in [1.165, 1.54) is 11.3 Å². The normalized spacial score (nSPS) is 9.21. The summed E-state index contributed by atoms with van der Waals surface area (Å²) in [5.74, 6) is 0. The van der Waals surface area contributed by atoms with E-state index in [1.807, 2.05) is 5.32 Å². The molecule has 0 fully saturated rings. The van der Waals surface area contributed by atoms with Crippen LogP contribution in [0.25, 0.3) is 0 Å². The van der Waals surface area contributed by atoms with Crippen molar-refractivity contribution >= 4 is 28.6 Å². The molecule has 1 aromatic rings. The second kappa shape index (κ2) is 5.18. The third-order valence-electron chi connectivity index (χ3n) is 1.14. The predicted molar refractivity (Wildman–Crippen MR) is 51.3 cm³/mol. The minimum atomic E-state index is -0.776. The van der Waals surface area contributed by atoms with Crippen LogP contribution in [0.1, 0.15) is 6.92 Å². The molecule has 14 heavy (non-hydrogen) atoms. The summed E-state index contributed by atoms with van der Waals surface area (Å²) in [5.41, 5.74) is 0. The third-order valence-corrected chi connectivity index (χ3v) is 1.83. The molecule has 0 aliphatic heterocycles. The van der Waals surface area contributed by atoms with Gasteiger partial charge in [0.15, 0.2) is 5.13 Å². The molecule has 1 aromatic heterocycles. The first-order valence-corrected chi connectivity index (χ1v) is 4.74. The second-order valence-corrected chi connectivity index (χ2v) is 3.03. The molecule has 0 radical (unpaired) electrons. The maximum atomic E-state index is 11.0. The zero-order chi connectivity index (χ0) is 10.4. The number of alkyl carbamates (subject to hydrolysis) is 1. The molecule has 0 bridgehead atoms. The summed E-state index contributed by atoms with van der Waals surface area (Å²) in [7, 11) is 0. The largest absolute Gasteiger partial charge is 0.450 e. The molecule has 0 aliphatic carbocycles. The van der Waals surface area contributed by atoms with Gasteiger partial charge in [-0.05, 0) is 6.92 Å². The van der Waals surface area contributed by atoms with Crippen LogP contribution in [-0.4, -0.2) is 23.7 Å². The highest BCUT2D eigenvalue weighted by molar-refractivity contribution is 7.13. The lowest BCUT2D eigenvalue weighted by Crippen LogP contribution is -2.34. The van der Waals surface area contributed by atoms with Gasteiger partial charge >= 0.3 is 12.1 Å². The number of urea groups is 1. The zero-order valence-electron chi connectivity index (χ0n) is 7.44. The van der Waals surface area contributed by atoms with E-state index in [2.05, 4.69) is 15.0 Å². The van der Waals surface area contributed by atoms with Crippen molar-refractivity contribution in [2.75, 3.05) is 11.9 Å². The van der Waals surface area contributed by atoms with Crippen LogP contribution < -0.4 is 10.6 Å². The number of carbonyl (C=O) groups is 2. The van der Waals surface area contributed by atoms with Crippen molar-refractivity contribution in [3.63, 3.8) is 0 Å². The Morgan fingerprint density at radius 2 is 2.43 bits per heavy atom. The van der Waals surface area contributed by atoms with Gasteiger partial charge in [0.05, 0.1) is 6.61 Å². The van der Waals surface area contributed by atoms with Gasteiger partial charge in [-0.15, -0.1) is 11.3 Å². The van der Waals surface area contributed by atoms with E-state index >= 15 is 0 Å². The molecular weight excluding hydrogens is 206 g/mol. The molecule has 0 unspecified atom stereocenters. The summed E-state index contributed by atoms with van der Waals surface area (Å²) in [6.45, 7) is 1.87. The first kappa shape index (κ1) is 10.5. The summed E-state index contributed by atoms with van der Waals surface area (Å²) in [6.07, 6.45) is 0.770. The molecule has 3 amide bonds. The minimum Gasteiger partial charge on any atom is -0.450 e. The first-order valence-electron chi connectivity index (χ1n) is 3.86. The lowest BCUT2D eigenvalue weighted by atomic mass is 10.8. The number of nitrogens with one attached hydrogen (secondary N) is 2. The lowest BCUT2D eigenvalue weighted by Gasteiger charge is -2.03. The molecule has 0 saturated carbocycles. The summed E-state index contributed by atoms with van der Waals surface area (Å²) in [6, 6.07) is -0.654. The van der Waals surface area contributed by atoms with Gasteiger partial charge in [-0.3, -0.25) is 5.32 Å². The predicted octanol–water partition coefficient (Wildman–Crippen LogP) is 1.42. The van der Waals surface area contributed by atoms with Crippen molar-refractivity contribution in [3.8, 4) is 0 Å². The maximum absolute atomic E-state index is 11.0. The fourth-order valence-electron chi connectivity index (χ4n) is 0.673. The molecule has 2 N–H and O–H groups in total. The van der Waals surface area contributed by atoms with E-state index < -0.39 is 12.1 Å². The third kappa shape index (κ3) is 3.40. The molecule has 7 heteroatoms. The number of rotatable bonds is 2. The monoisotopic (exact) mass is 215 g/mol. The van der Waals surface area contributed by atoms with Gasteiger partial charge in [0.25, 0.3) is 0 Å². The van der Waals surface area contributed by atoms with E-state index in [9.17, 15) is 9.59 Å². The van der Waals surface area contributed by atoms with Crippen LogP contribution in [0.4, 0.5) is 14.7 Å². The van der Waals surface area contributed by atoms with E-state index in [1.54, 1.807) is 18.5 Å². The van der Waals surface area contributed by atoms with Crippen molar-refractivity contribution < 1.29 is 14.3 Å². The van der Waals surface area contributed by atoms with Crippen LogP contribution in [0.3, 0.4) is 0 Å². The van der Waals surface area contributed by atoms with Gasteiger partial charge in [-0.1, -0.05) is 0 Å². The standard InChI is InChI=1S/C7H9N3O3S/c1-2-13-7(12)10-5(11)9-6-8-3-4-14-6/h3-4H,2H2,1H3,(H2,8,9,10,11,12). The Kier molecular flexibility index (Phi) is 3.86. The Labute approximate surface area is 84.3 Å². The number of ether oxygens (including phenoxy) is 1. The number of anilines is 1. The Balaban J connectivity index is 2.33. The number of aromatic nitrogens is 1. The lowest BCUT2D eigenvalue weighted by molar-refractivity contribution is 0.154. The van der Waals surface area contributed by atoms with Gasteiger partial charge in [-0.2, -0.15) is 0 Å². The Hall–Kier alpha value is -1.63. The molecule has 0 aliphatic rings. The summed E-state index contributed by atoms with van der Waals surface area (Å²) in [5, 5.41) is 6.47. The van der Waals surface area contributed by atoms with E-state index in [-0.39, 0.29) is 6.61 Å². The van der Waals surface area contributed by atoms with E-state index in [0.717, 1.165) is 0 Å². The molecule has 1 heterocycles. The fourth-order valence-corrected chi connectivity index (χ4v) is 1.20. The highest BCUT2D eigenvalue weighted by atomic mass is 32.1. The number of amides is 3. The Morgan fingerprint density at radius 3 is 3.00 bits per heavy atom. The van der Waals surface area contributed by atoms with Crippen LogP contribution in [0, 0.1) is 0 Å². The molecular formula is C7H9N3O3S. The molecule has 0 aromatic carbocycles. The average Bonchev–Trinajstić information content (AvgIpc) is 2.56. The Morgan fingerprint density at radius 1 is 1.64 bits per heavy atom. The van der Waals surface area contributed by atoms with Crippen molar-refractivity contribution in [1.29, 1.82) is 0 Å². The summed E-state index contributed by atoms with van der Waals surface area (Å²) >= 11 is 1.26. The van der Waals surface area contributed by atoms with Gasteiger partial charge in [0.1, 0.15) is 0 Å². The van der Waals surface area contributed by atoms with E-state index in [0.29, 0.717) is 5.13 Å². The first-order chi connectivity index (χ1) is 6.72. The summed E-state index contributed by atoms with van der Waals surface area (Å²) in [4.78, 5) is 25.6. The maximum Gasteiger partial charge on any atom is 0.415 e. The topological polar surface area (TPSA) is 80.3 Å². The van der Waals surface area contributed by atoms with Crippen LogP contribution in [-0.2, 0) is 4.74 Å². The van der Waals surface area contributed by atoms with Gasteiger partial charge in [0, 0.05) is 11.6 Å². The molecule has 1 rings (SSSR count). The number of hydrogen-bond donors (Lipinski definition) is 2. The average molecular weight is 215 g/mol. The van der Waals surface area contributed by atoms with Crippen molar-refractivity contribution in [3.05, 3.63) is 11.6 Å². The fraction of sp³-hybridized carbons (Fsp3) is 0.286. The molecule has 0 atom stereocenters. The SMILES string of the molecule is CCOC(=O)NC(=O)Nc1nccs1. The smallest absolute Gasteiger partial charge is 0.415 e. The van der Waals surface area contributed by atoms with Crippen LogP contribution in [0.15, 0.2) is 11.6 Å². The number of hydrogen-bond acceptors (Lipinski definition) is 5. The zero-order valence-corrected chi connectivity index (χ0v) is 8.26. The quantitative estimate of drug-likeness (QED) is 0.781. The number of nitrogens with zero attached hydrogens (tertiary/aromatic N) is 1. The summed E-state index contributed by atoms with van der Waals surface area (Å²) < 4.78 is 4.50. The van der Waals surface area contributed by atoms with Crippen molar-refractivity contribution in [2.24, 2.45) is 0 Å². The second-order valence-electron chi connectivity index (χ2n) is 2.14. The molecule has 0 saturated heterocycles. The number of thiazole rings is 1. The van der Waals surface area contributed by atoms with Crippen molar-refractivity contribution in [2.45, 2.75) is 6.92 Å². The van der Waals surface area contributed by atoms with E-state index in [4.69, 9.17) is 0 Å². The number of imide groups is 1. The molecule has 0 spiro atoms. The van der Waals surface area contributed by atoms with Crippen LogP contribution >= 0.6 is 11.3 Å². The minimum absolute atomic E-state index is 0.219. The van der Waals surface area contributed by atoms with Gasteiger partial charge < -0.3 is 4.74 Å². The Bertz CT molecular complexity index is 312. The molecule has 6 nitrogen and oxygen atoms in total. The van der Waals surface area contributed by atoms with Crippen molar-refractivity contribution in [1.82, 2.24) is 10.3 Å². The van der Waals surface area contributed by atoms with Gasteiger partial charge in [-0.25, -0.2) is 19.9 Å².